The minimum Gasteiger partial charge on any atom is -0.488 e. The third-order valence-electron chi connectivity index (χ3n) is 4.63. The second kappa shape index (κ2) is 10.0. The van der Waals surface area contributed by atoms with Gasteiger partial charge in [-0.05, 0) is 50.1 Å². The normalized spacial score (nSPS) is 17.5. The molecule has 0 radical (unpaired) electrons. The summed E-state index contributed by atoms with van der Waals surface area (Å²) in [4.78, 5) is 12.5. The molecule has 1 saturated heterocycles. The first-order chi connectivity index (χ1) is 14.3. The monoisotopic (exact) mass is 436 g/mol. The minimum absolute atomic E-state index is 0.00315. The predicted molar refractivity (Wildman–Crippen MR) is 109 cm³/mol. The highest BCUT2D eigenvalue weighted by molar-refractivity contribution is 7.89. The molecule has 0 saturated carbocycles. The van der Waals surface area contributed by atoms with E-state index < -0.39 is 27.8 Å². The van der Waals surface area contributed by atoms with Crippen molar-refractivity contribution >= 4 is 15.9 Å². The first kappa shape index (κ1) is 22.2. The number of carbonyl (C=O) groups is 1. The zero-order valence-electron chi connectivity index (χ0n) is 16.6. The van der Waals surface area contributed by atoms with Crippen LogP contribution in [0.1, 0.15) is 30.1 Å². The summed E-state index contributed by atoms with van der Waals surface area (Å²) in [5, 5.41) is 2.72. The van der Waals surface area contributed by atoms with Crippen LogP contribution in [0.5, 0.6) is 5.75 Å². The molecular weight excluding hydrogens is 411 g/mol. The Balaban J connectivity index is 1.57. The van der Waals surface area contributed by atoms with Crippen molar-refractivity contribution in [2.45, 2.75) is 36.8 Å². The van der Waals surface area contributed by atoms with Crippen molar-refractivity contribution in [3.63, 3.8) is 0 Å². The summed E-state index contributed by atoms with van der Waals surface area (Å²) in [6.45, 7) is 2.61. The number of para-hydroxylation sites is 1. The molecule has 30 heavy (non-hydrogen) atoms. The van der Waals surface area contributed by atoms with Gasteiger partial charge in [0.25, 0.3) is 5.91 Å². The number of hydrogen-bond donors (Lipinski definition) is 2. The van der Waals surface area contributed by atoms with Gasteiger partial charge in [0.05, 0.1) is 17.0 Å². The quantitative estimate of drug-likeness (QED) is 0.630. The van der Waals surface area contributed by atoms with Crippen LogP contribution in [0.25, 0.3) is 0 Å². The van der Waals surface area contributed by atoms with Crippen molar-refractivity contribution < 1.29 is 27.1 Å². The van der Waals surface area contributed by atoms with Crippen molar-refractivity contribution in [2.75, 3.05) is 19.8 Å². The number of sulfonamides is 1. The fraction of sp³-hybridized carbons (Fsp3) is 0.381. The molecule has 7 nitrogen and oxygen atoms in total. The highest BCUT2D eigenvalue weighted by atomic mass is 32.2. The number of amides is 1. The summed E-state index contributed by atoms with van der Waals surface area (Å²) < 4.78 is 52.0. The third kappa shape index (κ3) is 6.01. The smallest absolute Gasteiger partial charge is 0.251 e. The molecule has 1 aliphatic heterocycles. The Morgan fingerprint density at radius 3 is 2.80 bits per heavy atom. The average molecular weight is 437 g/mol. The molecule has 0 spiro atoms. The van der Waals surface area contributed by atoms with Gasteiger partial charge in [-0.1, -0.05) is 18.2 Å². The number of hydrogen-bond acceptors (Lipinski definition) is 5. The Hall–Kier alpha value is -2.49. The van der Waals surface area contributed by atoms with Gasteiger partial charge in [0.1, 0.15) is 6.61 Å². The molecule has 0 aromatic heterocycles. The van der Waals surface area contributed by atoms with E-state index in [1.165, 1.54) is 36.4 Å². The van der Waals surface area contributed by atoms with Gasteiger partial charge >= 0.3 is 0 Å². The Morgan fingerprint density at radius 2 is 2.07 bits per heavy atom. The van der Waals surface area contributed by atoms with E-state index in [0.29, 0.717) is 6.61 Å². The van der Waals surface area contributed by atoms with Crippen LogP contribution in [-0.2, 0) is 14.8 Å². The van der Waals surface area contributed by atoms with E-state index in [9.17, 15) is 17.6 Å². The van der Waals surface area contributed by atoms with Gasteiger partial charge in [-0.25, -0.2) is 17.5 Å². The molecule has 3 rings (SSSR count). The molecular formula is C21H25FN2O5S. The van der Waals surface area contributed by atoms with E-state index in [1.807, 2.05) is 0 Å². The van der Waals surface area contributed by atoms with E-state index in [1.54, 1.807) is 19.1 Å². The van der Waals surface area contributed by atoms with Crippen molar-refractivity contribution in [3.8, 4) is 5.75 Å². The van der Waals surface area contributed by atoms with E-state index in [2.05, 4.69) is 10.0 Å². The lowest BCUT2D eigenvalue weighted by atomic mass is 10.2. The lowest BCUT2D eigenvalue weighted by Crippen LogP contribution is -2.37. The van der Waals surface area contributed by atoms with Crippen LogP contribution in [0.4, 0.5) is 4.39 Å². The summed E-state index contributed by atoms with van der Waals surface area (Å²) in [7, 11) is -3.76. The Bertz CT molecular complexity index is 977. The largest absolute Gasteiger partial charge is 0.488 e. The van der Waals surface area contributed by atoms with Crippen LogP contribution in [-0.4, -0.2) is 46.2 Å². The van der Waals surface area contributed by atoms with Crippen molar-refractivity contribution in [2.24, 2.45) is 0 Å². The number of ether oxygens (including phenoxy) is 2. The number of carbonyl (C=O) groups excluding carboxylic acids is 1. The molecule has 0 bridgehead atoms. The fourth-order valence-corrected chi connectivity index (χ4v) is 4.13. The second-order valence-electron chi connectivity index (χ2n) is 7.13. The van der Waals surface area contributed by atoms with E-state index in [4.69, 9.17) is 9.47 Å². The third-order valence-corrected chi connectivity index (χ3v) is 6.06. The number of rotatable bonds is 9. The van der Waals surface area contributed by atoms with E-state index in [-0.39, 0.29) is 35.5 Å². The van der Waals surface area contributed by atoms with Crippen molar-refractivity contribution in [1.82, 2.24) is 10.0 Å². The van der Waals surface area contributed by atoms with Gasteiger partial charge in [0.2, 0.25) is 10.0 Å². The first-order valence-corrected chi connectivity index (χ1v) is 11.2. The molecule has 2 atom stereocenters. The lowest BCUT2D eigenvalue weighted by molar-refractivity contribution is 0.0926. The van der Waals surface area contributed by atoms with Gasteiger partial charge < -0.3 is 14.8 Å². The van der Waals surface area contributed by atoms with Crippen LogP contribution in [0.3, 0.4) is 0 Å². The molecule has 1 fully saturated rings. The average Bonchev–Trinajstić information content (AvgIpc) is 3.26. The second-order valence-corrected chi connectivity index (χ2v) is 8.90. The van der Waals surface area contributed by atoms with Gasteiger partial charge in [-0.2, -0.15) is 0 Å². The molecule has 1 amide bonds. The molecule has 1 heterocycles. The SMILES string of the molecule is CC(COc1ccccc1F)NC(=O)c1cccc(S(=O)(=O)NCC2CCCO2)c1. The van der Waals surface area contributed by atoms with Gasteiger partial charge in [-0.15, -0.1) is 0 Å². The zero-order chi connectivity index (χ0) is 21.6. The van der Waals surface area contributed by atoms with Crippen LogP contribution < -0.4 is 14.8 Å². The highest BCUT2D eigenvalue weighted by Gasteiger charge is 2.21. The van der Waals surface area contributed by atoms with Crippen LogP contribution in [0, 0.1) is 5.82 Å². The molecule has 2 N–H and O–H groups in total. The van der Waals surface area contributed by atoms with E-state index >= 15 is 0 Å². The van der Waals surface area contributed by atoms with Crippen molar-refractivity contribution in [1.29, 1.82) is 0 Å². The topological polar surface area (TPSA) is 93.7 Å². The number of benzene rings is 2. The zero-order valence-corrected chi connectivity index (χ0v) is 17.5. The summed E-state index contributed by atoms with van der Waals surface area (Å²) in [5.74, 6) is -0.829. The summed E-state index contributed by atoms with van der Waals surface area (Å²) in [5.41, 5.74) is 0.202. The molecule has 2 aromatic rings. The predicted octanol–water partition coefficient (Wildman–Crippen LogP) is 2.48. The molecule has 9 heteroatoms. The molecule has 1 aliphatic rings. The maximum absolute atomic E-state index is 13.6. The van der Waals surface area contributed by atoms with Gasteiger partial charge in [-0.3, -0.25) is 4.79 Å². The van der Waals surface area contributed by atoms with Crippen LogP contribution >= 0.6 is 0 Å². The highest BCUT2D eigenvalue weighted by Crippen LogP contribution is 2.16. The maximum Gasteiger partial charge on any atom is 0.251 e. The van der Waals surface area contributed by atoms with Crippen LogP contribution in [0.15, 0.2) is 53.4 Å². The maximum atomic E-state index is 13.6. The Morgan fingerprint density at radius 1 is 1.27 bits per heavy atom. The van der Waals surface area contributed by atoms with E-state index in [0.717, 1.165) is 12.8 Å². The Labute approximate surface area is 175 Å². The summed E-state index contributed by atoms with van der Waals surface area (Å²) in [6, 6.07) is 11.4. The minimum atomic E-state index is -3.76. The Kier molecular flexibility index (Phi) is 7.41. The first-order valence-electron chi connectivity index (χ1n) is 9.74. The molecule has 0 aliphatic carbocycles. The lowest BCUT2D eigenvalue weighted by Gasteiger charge is -2.16. The molecule has 2 aromatic carbocycles. The summed E-state index contributed by atoms with van der Waals surface area (Å²) in [6.07, 6.45) is 1.61. The summed E-state index contributed by atoms with van der Waals surface area (Å²) >= 11 is 0. The van der Waals surface area contributed by atoms with Crippen molar-refractivity contribution in [3.05, 3.63) is 59.9 Å². The van der Waals surface area contributed by atoms with Crippen LogP contribution in [0.2, 0.25) is 0 Å². The standard InChI is InChI=1S/C21H25FN2O5S/c1-15(14-29-20-10-3-2-9-19(20)22)24-21(25)16-6-4-8-18(12-16)30(26,27)23-13-17-7-5-11-28-17/h2-4,6,8-10,12,15,17,23H,5,7,11,13-14H2,1H3,(H,24,25). The molecule has 162 valence electrons. The fourth-order valence-electron chi connectivity index (χ4n) is 3.02. The van der Waals surface area contributed by atoms with Gasteiger partial charge in [0.15, 0.2) is 11.6 Å². The van der Waals surface area contributed by atoms with Gasteiger partial charge in [0, 0.05) is 18.7 Å². The number of nitrogens with one attached hydrogen (secondary N) is 2. The number of halogens is 1. The molecule has 2 unspecified atom stereocenters.